The number of hydrogen-bond donors (Lipinski definition) is 1. The second kappa shape index (κ2) is 7.52. The molecule has 0 spiro atoms. The van der Waals surface area contributed by atoms with Gasteiger partial charge in [0.1, 0.15) is 5.82 Å². The van der Waals surface area contributed by atoms with Crippen LogP contribution < -0.4 is 10.6 Å². The molecule has 8 heteroatoms. The van der Waals surface area contributed by atoms with Crippen LogP contribution in [-0.4, -0.2) is 10.8 Å². The maximum absolute atomic E-state index is 13.3. The number of Topliss-reactive ketones (excluding diaryl/α,β-unsaturated/α-hetero) is 1. The first-order valence-electron chi connectivity index (χ1n) is 10.1. The van der Waals surface area contributed by atoms with Crippen LogP contribution in [0.1, 0.15) is 43.7 Å². The van der Waals surface area contributed by atoms with Gasteiger partial charge in [0.2, 0.25) is 0 Å². The Hall–Kier alpha value is -3.60. The largest absolute Gasteiger partial charge is 0.416 e. The number of rotatable bonds is 2. The van der Waals surface area contributed by atoms with Crippen LogP contribution in [0.25, 0.3) is 0 Å². The van der Waals surface area contributed by atoms with Gasteiger partial charge in [-0.15, -0.1) is 0 Å². The monoisotopic (exact) mass is 438 g/mol. The lowest BCUT2D eigenvalue weighted by molar-refractivity contribution is -0.137. The zero-order chi connectivity index (χ0) is 23.3. The van der Waals surface area contributed by atoms with Gasteiger partial charge in [0.15, 0.2) is 5.78 Å². The Bertz CT molecular complexity index is 1170. The van der Waals surface area contributed by atoms with Crippen molar-refractivity contribution in [3.05, 3.63) is 82.6 Å². The molecule has 0 unspecified atom stereocenters. The summed E-state index contributed by atoms with van der Waals surface area (Å²) in [6, 6.07) is 10.2. The average Bonchev–Trinajstić information content (AvgIpc) is 2.72. The molecule has 5 nitrogen and oxygen atoms in total. The summed E-state index contributed by atoms with van der Waals surface area (Å²) in [5.41, 5.74) is 7.54. The summed E-state index contributed by atoms with van der Waals surface area (Å²) in [5, 5.41) is 9.98. The molecule has 1 atom stereocenters. The van der Waals surface area contributed by atoms with Crippen molar-refractivity contribution in [1.82, 2.24) is 4.98 Å². The van der Waals surface area contributed by atoms with E-state index in [1.54, 1.807) is 29.4 Å². The van der Waals surface area contributed by atoms with E-state index in [2.05, 4.69) is 11.1 Å². The van der Waals surface area contributed by atoms with Crippen LogP contribution >= 0.6 is 0 Å². The highest BCUT2D eigenvalue weighted by molar-refractivity contribution is 6.01. The van der Waals surface area contributed by atoms with E-state index < -0.39 is 17.7 Å². The number of allylic oxidation sites excluding steroid dienone is 3. The first-order valence-corrected chi connectivity index (χ1v) is 10.1. The summed E-state index contributed by atoms with van der Waals surface area (Å²) in [7, 11) is 0. The van der Waals surface area contributed by atoms with Gasteiger partial charge < -0.3 is 5.73 Å². The summed E-state index contributed by atoms with van der Waals surface area (Å²) in [4.78, 5) is 19.2. The minimum Gasteiger partial charge on any atom is -0.384 e. The third-order valence-electron chi connectivity index (χ3n) is 5.86. The number of benzene rings is 1. The zero-order valence-corrected chi connectivity index (χ0v) is 17.6. The number of carbonyl (C=O) groups is 1. The van der Waals surface area contributed by atoms with Gasteiger partial charge >= 0.3 is 6.18 Å². The molecule has 0 saturated heterocycles. The Morgan fingerprint density at radius 1 is 1.19 bits per heavy atom. The molecule has 1 aromatic heterocycles. The van der Waals surface area contributed by atoms with Crippen LogP contribution in [0.3, 0.4) is 0 Å². The van der Waals surface area contributed by atoms with E-state index in [-0.39, 0.29) is 29.0 Å². The summed E-state index contributed by atoms with van der Waals surface area (Å²) < 4.78 is 39.2. The molecule has 1 aliphatic carbocycles. The Morgan fingerprint density at radius 3 is 2.44 bits per heavy atom. The molecule has 0 radical (unpaired) electrons. The van der Waals surface area contributed by atoms with Gasteiger partial charge in [0.25, 0.3) is 0 Å². The van der Waals surface area contributed by atoms with Crippen molar-refractivity contribution >= 4 is 11.5 Å². The minimum atomic E-state index is -4.48. The Morgan fingerprint density at radius 2 is 1.88 bits per heavy atom. The second-order valence-electron chi connectivity index (χ2n) is 8.81. The number of nitrogens with zero attached hydrogens (tertiary/aromatic N) is 3. The van der Waals surface area contributed by atoms with Crippen molar-refractivity contribution in [2.24, 2.45) is 11.1 Å². The van der Waals surface area contributed by atoms with Crippen molar-refractivity contribution in [2.45, 2.75) is 38.8 Å². The number of hydrogen-bond acceptors (Lipinski definition) is 5. The molecule has 0 amide bonds. The van der Waals surface area contributed by atoms with Crippen molar-refractivity contribution in [2.75, 3.05) is 4.90 Å². The number of pyridine rings is 1. The van der Waals surface area contributed by atoms with Crippen molar-refractivity contribution in [3.8, 4) is 6.07 Å². The quantitative estimate of drug-likeness (QED) is 0.710. The number of anilines is 1. The topological polar surface area (TPSA) is 83.0 Å². The van der Waals surface area contributed by atoms with E-state index in [1.807, 2.05) is 13.8 Å². The standard InChI is InChI=1S/C24H21F3N4O/c1-23(2)10-18-21(19(32)11-23)20(14-5-7-15(8-6-14)24(25,26)27)17(12-28)22(29)31(18)16-4-3-9-30-13-16/h3-9,13,20H,10-11,29H2,1-2H3/t20-/m1/s1. The Kier molecular flexibility index (Phi) is 5.08. The highest BCUT2D eigenvalue weighted by Crippen LogP contribution is 2.50. The number of alkyl halides is 3. The zero-order valence-electron chi connectivity index (χ0n) is 17.6. The van der Waals surface area contributed by atoms with Crippen LogP contribution in [-0.2, 0) is 11.0 Å². The number of aromatic nitrogens is 1. The fraction of sp³-hybridized carbons (Fsp3) is 0.292. The molecule has 1 aliphatic heterocycles. The summed E-state index contributed by atoms with van der Waals surface area (Å²) in [5.74, 6) is -0.821. The number of nitriles is 1. The van der Waals surface area contributed by atoms with Gasteiger partial charge in [0.05, 0.1) is 35.0 Å². The van der Waals surface area contributed by atoms with Crippen molar-refractivity contribution in [3.63, 3.8) is 0 Å². The first kappa shape index (κ1) is 21.6. The molecule has 1 aromatic carbocycles. The Labute approximate surface area is 183 Å². The van der Waals surface area contributed by atoms with Gasteiger partial charge in [-0.3, -0.25) is 14.7 Å². The van der Waals surface area contributed by atoms with Crippen LogP contribution in [0.5, 0.6) is 0 Å². The van der Waals surface area contributed by atoms with E-state index in [1.165, 1.54) is 12.1 Å². The molecule has 0 bridgehead atoms. The molecule has 2 aliphatic rings. The van der Waals surface area contributed by atoms with Gasteiger partial charge in [-0.25, -0.2) is 0 Å². The molecule has 0 saturated carbocycles. The van der Waals surface area contributed by atoms with Gasteiger partial charge in [0, 0.05) is 23.9 Å². The highest BCUT2D eigenvalue weighted by Gasteiger charge is 2.45. The van der Waals surface area contributed by atoms with Crippen LogP contribution in [0.4, 0.5) is 18.9 Å². The molecular formula is C24H21F3N4O. The van der Waals surface area contributed by atoms with Crippen LogP contribution in [0.15, 0.2) is 71.5 Å². The van der Waals surface area contributed by atoms with Gasteiger partial charge in [-0.1, -0.05) is 26.0 Å². The maximum atomic E-state index is 13.3. The molecule has 0 fully saturated rings. The fourth-order valence-corrected chi connectivity index (χ4v) is 4.49. The predicted octanol–water partition coefficient (Wildman–Crippen LogP) is 5.04. The lowest BCUT2D eigenvalue weighted by atomic mass is 9.68. The van der Waals surface area contributed by atoms with Gasteiger partial charge in [-0.05, 0) is 41.7 Å². The minimum absolute atomic E-state index is 0.125. The number of carbonyl (C=O) groups excluding carboxylic acids is 1. The molecule has 32 heavy (non-hydrogen) atoms. The first-order chi connectivity index (χ1) is 15.0. The van der Waals surface area contributed by atoms with E-state index >= 15 is 0 Å². The number of halogens is 3. The smallest absolute Gasteiger partial charge is 0.384 e. The fourth-order valence-electron chi connectivity index (χ4n) is 4.49. The van der Waals surface area contributed by atoms with E-state index in [0.717, 1.165) is 12.1 Å². The summed E-state index contributed by atoms with van der Waals surface area (Å²) >= 11 is 0. The third-order valence-corrected chi connectivity index (χ3v) is 5.86. The van der Waals surface area contributed by atoms with Crippen molar-refractivity contribution < 1.29 is 18.0 Å². The molecule has 2 N–H and O–H groups in total. The molecule has 164 valence electrons. The normalized spacial score (nSPS) is 20.8. The lowest BCUT2D eigenvalue weighted by Crippen LogP contribution is -2.42. The van der Waals surface area contributed by atoms with E-state index in [0.29, 0.717) is 28.9 Å². The lowest BCUT2D eigenvalue weighted by Gasteiger charge is -2.43. The predicted molar refractivity (Wildman–Crippen MR) is 113 cm³/mol. The van der Waals surface area contributed by atoms with Crippen molar-refractivity contribution in [1.29, 1.82) is 5.26 Å². The molecular weight excluding hydrogens is 417 g/mol. The summed E-state index contributed by atoms with van der Waals surface area (Å²) in [6.45, 7) is 3.95. The Balaban J connectivity index is 1.94. The maximum Gasteiger partial charge on any atom is 0.416 e. The van der Waals surface area contributed by atoms with Crippen LogP contribution in [0.2, 0.25) is 0 Å². The number of nitrogens with two attached hydrogens (primary N) is 1. The molecule has 4 rings (SSSR count). The van der Waals surface area contributed by atoms with Crippen LogP contribution in [0, 0.1) is 16.7 Å². The SMILES string of the molecule is CC1(C)CC(=O)C2=C(C1)N(c1cccnc1)C(N)=C(C#N)[C@H]2c1ccc(C(F)(F)F)cc1. The molecule has 2 aromatic rings. The highest BCUT2D eigenvalue weighted by atomic mass is 19.4. The summed E-state index contributed by atoms with van der Waals surface area (Å²) in [6.07, 6.45) is -0.502. The van der Waals surface area contributed by atoms with E-state index in [9.17, 15) is 23.2 Å². The van der Waals surface area contributed by atoms with E-state index in [4.69, 9.17) is 5.73 Å². The third kappa shape index (κ3) is 3.64. The average molecular weight is 438 g/mol. The van der Waals surface area contributed by atoms with Gasteiger partial charge in [-0.2, -0.15) is 18.4 Å². The number of ketones is 1. The second-order valence-corrected chi connectivity index (χ2v) is 8.81. The molecule has 2 heterocycles.